The summed E-state index contributed by atoms with van der Waals surface area (Å²) in [5, 5.41) is 8.60. The standard InChI is InChI=1S/C13H13NO2/c1-2-9-16-13(15)8-7-11-3-5-12(10-14)6-4-11/h3-8H,2,9H2,1H3/b8-7+. The summed E-state index contributed by atoms with van der Waals surface area (Å²) in [6, 6.07) is 9.00. The molecule has 0 radical (unpaired) electrons. The minimum atomic E-state index is -0.341. The molecule has 82 valence electrons. The van der Waals surface area contributed by atoms with Crippen LogP contribution in [-0.4, -0.2) is 12.6 Å². The molecule has 0 aliphatic heterocycles. The van der Waals surface area contributed by atoms with E-state index in [4.69, 9.17) is 10.00 Å². The van der Waals surface area contributed by atoms with Crippen LogP contribution in [0.15, 0.2) is 30.3 Å². The quantitative estimate of drug-likeness (QED) is 0.572. The molecule has 0 saturated carbocycles. The number of ether oxygens (including phenoxy) is 1. The molecule has 1 rings (SSSR count). The Bertz CT molecular complexity index is 413. The number of nitrogens with zero attached hydrogens (tertiary/aromatic N) is 1. The Morgan fingerprint density at radius 3 is 2.69 bits per heavy atom. The lowest BCUT2D eigenvalue weighted by molar-refractivity contribution is -0.137. The van der Waals surface area contributed by atoms with E-state index in [1.807, 2.05) is 13.0 Å². The highest BCUT2D eigenvalue weighted by Crippen LogP contribution is 2.05. The highest BCUT2D eigenvalue weighted by Gasteiger charge is 1.95. The molecule has 3 heteroatoms. The Balaban J connectivity index is 2.56. The van der Waals surface area contributed by atoms with Crippen LogP contribution in [-0.2, 0) is 9.53 Å². The minimum absolute atomic E-state index is 0.341. The van der Waals surface area contributed by atoms with Crippen molar-refractivity contribution in [2.45, 2.75) is 13.3 Å². The van der Waals surface area contributed by atoms with E-state index >= 15 is 0 Å². The van der Waals surface area contributed by atoms with Crippen molar-refractivity contribution in [2.75, 3.05) is 6.61 Å². The van der Waals surface area contributed by atoms with E-state index in [2.05, 4.69) is 0 Å². The van der Waals surface area contributed by atoms with E-state index in [0.717, 1.165) is 12.0 Å². The number of carbonyl (C=O) groups is 1. The molecule has 16 heavy (non-hydrogen) atoms. The van der Waals surface area contributed by atoms with E-state index in [-0.39, 0.29) is 5.97 Å². The molecule has 1 aromatic carbocycles. The van der Waals surface area contributed by atoms with Crippen LogP contribution in [0.5, 0.6) is 0 Å². The Hall–Kier alpha value is -2.08. The van der Waals surface area contributed by atoms with Crippen LogP contribution in [0.4, 0.5) is 0 Å². The smallest absolute Gasteiger partial charge is 0.330 e. The van der Waals surface area contributed by atoms with Crippen molar-refractivity contribution in [1.82, 2.24) is 0 Å². The summed E-state index contributed by atoms with van der Waals surface area (Å²) in [7, 11) is 0. The van der Waals surface area contributed by atoms with Crippen LogP contribution in [0, 0.1) is 11.3 Å². The zero-order chi connectivity index (χ0) is 11.8. The Morgan fingerprint density at radius 2 is 2.12 bits per heavy atom. The molecule has 0 fully saturated rings. The van der Waals surface area contributed by atoms with Crippen molar-refractivity contribution in [1.29, 1.82) is 5.26 Å². The van der Waals surface area contributed by atoms with Gasteiger partial charge in [-0.25, -0.2) is 4.79 Å². The van der Waals surface area contributed by atoms with E-state index in [1.54, 1.807) is 30.3 Å². The fraction of sp³-hybridized carbons (Fsp3) is 0.231. The van der Waals surface area contributed by atoms with Gasteiger partial charge in [0.05, 0.1) is 18.2 Å². The highest BCUT2D eigenvalue weighted by molar-refractivity contribution is 5.87. The summed E-state index contributed by atoms with van der Waals surface area (Å²) in [5.74, 6) is -0.341. The molecule has 0 spiro atoms. The monoisotopic (exact) mass is 215 g/mol. The number of esters is 1. The van der Waals surface area contributed by atoms with Crippen molar-refractivity contribution >= 4 is 12.0 Å². The lowest BCUT2D eigenvalue weighted by Gasteiger charge is -1.97. The van der Waals surface area contributed by atoms with Crippen LogP contribution in [0.1, 0.15) is 24.5 Å². The molecule has 0 bridgehead atoms. The molecule has 0 unspecified atom stereocenters. The molecule has 1 aromatic rings. The van der Waals surface area contributed by atoms with Gasteiger partial charge in [-0.3, -0.25) is 0 Å². The van der Waals surface area contributed by atoms with E-state index in [0.29, 0.717) is 12.2 Å². The number of hydrogen-bond donors (Lipinski definition) is 0. The first-order valence-electron chi connectivity index (χ1n) is 5.11. The molecule has 0 N–H and O–H groups in total. The molecular weight excluding hydrogens is 202 g/mol. The van der Waals surface area contributed by atoms with Crippen molar-refractivity contribution in [3.05, 3.63) is 41.5 Å². The summed E-state index contributed by atoms with van der Waals surface area (Å²) in [4.78, 5) is 11.1. The molecular formula is C13H13NO2. The zero-order valence-corrected chi connectivity index (χ0v) is 9.14. The van der Waals surface area contributed by atoms with Crippen LogP contribution in [0.3, 0.4) is 0 Å². The second-order valence-electron chi connectivity index (χ2n) is 3.23. The molecule has 0 amide bonds. The topological polar surface area (TPSA) is 50.1 Å². The maximum atomic E-state index is 11.1. The van der Waals surface area contributed by atoms with Crippen LogP contribution >= 0.6 is 0 Å². The summed E-state index contributed by atoms with van der Waals surface area (Å²) in [6.45, 7) is 2.38. The number of carbonyl (C=O) groups excluding carboxylic acids is 1. The van der Waals surface area contributed by atoms with Gasteiger partial charge in [-0.05, 0) is 30.2 Å². The average Bonchev–Trinajstić information content (AvgIpc) is 2.34. The average molecular weight is 215 g/mol. The Labute approximate surface area is 95.0 Å². The second kappa shape index (κ2) is 6.41. The van der Waals surface area contributed by atoms with Gasteiger partial charge in [-0.2, -0.15) is 5.26 Å². The van der Waals surface area contributed by atoms with Gasteiger partial charge >= 0.3 is 5.97 Å². The fourth-order valence-electron chi connectivity index (χ4n) is 1.08. The lowest BCUT2D eigenvalue weighted by atomic mass is 10.1. The first-order chi connectivity index (χ1) is 7.76. The van der Waals surface area contributed by atoms with Gasteiger partial charge in [0, 0.05) is 6.08 Å². The van der Waals surface area contributed by atoms with Crippen LogP contribution < -0.4 is 0 Å². The van der Waals surface area contributed by atoms with E-state index in [9.17, 15) is 4.79 Å². The van der Waals surface area contributed by atoms with Crippen molar-refractivity contribution in [2.24, 2.45) is 0 Å². The Kier molecular flexibility index (Phi) is 4.81. The maximum Gasteiger partial charge on any atom is 0.330 e. The molecule has 0 atom stereocenters. The summed E-state index contributed by atoms with van der Waals surface area (Å²) >= 11 is 0. The lowest BCUT2D eigenvalue weighted by Crippen LogP contribution is -2.00. The predicted octanol–water partition coefficient (Wildman–Crippen LogP) is 2.52. The third-order valence-electron chi connectivity index (χ3n) is 1.90. The van der Waals surface area contributed by atoms with Gasteiger partial charge in [-0.15, -0.1) is 0 Å². The third-order valence-corrected chi connectivity index (χ3v) is 1.90. The van der Waals surface area contributed by atoms with Gasteiger partial charge in [0.15, 0.2) is 0 Å². The Morgan fingerprint density at radius 1 is 1.44 bits per heavy atom. The zero-order valence-electron chi connectivity index (χ0n) is 9.14. The van der Waals surface area contributed by atoms with E-state index < -0.39 is 0 Å². The van der Waals surface area contributed by atoms with E-state index in [1.165, 1.54) is 6.08 Å². The van der Waals surface area contributed by atoms with Gasteiger partial charge in [-0.1, -0.05) is 19.1 Å². The maximum absolute atomic E-state index is 11.1. The van der Waals surface area contributed by atoms with Crippen molar-refractivity contribution < 1.29 is 9.53 Å². The van der Waals surface area contributed by atoms with Crippen LogP contribution in [0.2, 0.25) is 0 Å². The summed E-state index contributed by atoms with van der Waals surface area (Å²) in [5.41, 5.74) is 1.47. The fourth-order valence-corrected chi connectivity index (χ4v) is 1.08. The SMILES string of the molecule is CCCOC(=O)/C=C/c1ccc(C#N)cc1. The molecule has 0 aromatic heterocycles. The molecule has 0 aliphatic carbocycles. The molecule has 3 nitrogen and oxygen atoms in total. The number of nitriles is 1. The number of rotatable bonds is 4. The van der Waals surface area contributed by atoms with Gasteiger partial charge in [0.2, 0.25) is 0 Å². The van der Waals surface area contributed by atoms with Crippen LogP contribution in [0.25, 0.3) is 6.08 Å². The van der Waals surface area contributed by atoms with Gasteiger partial charge < -0.3 is 4.74 Å². The normalized spacial score (nSPS) is 10.0. The highest BCUT2D eigenvalue weighted by atomic mass is 16.5. The third kappa shape index (κ3) is 3.97. The molecule has 0 aliphatic rings. The van der Waals surface area contributed by atoms with Gasteiger partial charge in [0.25, 0.3) is 0 Å². The second-order valence-corrected chi connectivity index (χ2v) is 3.23. The minimum Gasteiger partial charge on any atom is -0.463 e. The molecule has 0 saturated heterocycles. The largest absolute Gasteiger partial charge is 0.463 e. The first kappa shape index (κ1) is 12.0. The predicted molar refractivity (Wildman–Crippen MR) is 61.4 cm³/mol. The van der Waals surface area contributed by atoms with Crippen molar-refractivity contribution in [3.8, 4) is 6.07 Å². The summed E-state index contributed by atoms with van der Waals surface area (Å²) < 4.78 is 4.88. The van der Waals surface area contributed by atoms with Gasteiger partial charge in [0.1, 0.15) is 0 Å². The number of benzene rings is 1. The number of hydrogen-bond acceptors (Lipinski definition) is 3. The summed E-state index contributed by atoms with van der Waals surface area (Å²) in [6.07, 6.45) is 3.87. The van der Waals surface area contributed by atoms with Crippen molar-refractivity contribution in [3.63, 3.8) is 0 Å². The molecule has 0 heterocycles. The first-order valence-corrected chi connectivity index (χ1v) is 5.11.